The van der Waals surface area contributed by atoms with Gasteiger partial charge in [0.1, 0.15) is 4.88 Å². The zero-order valence-corrected chi connectivity index (χ0v) is 19.6. The lowest BCUT2D eigenvalue weighted by atomic mass is 10.1. The fraction of sp³-hybridized carbons (Fsp3) is 0.478. The Morgan fingerprint density at radius 2 is 1.79 bits per heavy atom. The number of alkyl halides is 1. The molecular weight excluding hydrogens is 450 g/mol. The van der Waals surface area contributed by atoms with Crippen LogP contribution in [-0.2, 0) is 11.2 Å². The van der Waals surface area contributed by atoms with Crippen molar-refractivity contribution in [1.82, 2.24) is 0 Å². The SMILES string of the molecule is CCCCCC(Br)c1ccc(N(CCCCc2ccc(C(=O)O)s2)C(C)=O)cc1. The number of carboxylic acids is 1. The van der Waals surface area contributed by atoms with E-state index in [1.165, 1.54) is 36.2 Å². The Balaban J connectivity index is 1.86. The van der Waals surface area contributed by atoms with Crippen LogP contribution in [0.15, 0.2) is 36.4 Å². The van der Waals surface area contributed by atoms with Gasteiger partial charge in [-0.25, -0.2) is 4.79 Å². The lowest BCUT2D eigenvalue weighted by Crippen LogP contribution is -2.29. The number of hydrogen-bond acceptors (Lipinski definition) is 3. The predicted octanol–water partition coefficient (Wildman–Crippen LogP) is 6.84. The summed E-state index contributed by atoms with van der Waals surface area (Å²) >= 11 is 5.10. The van der Waals surface area contributed by atoms with E-state index < -0.39 is 5.97 Å². The number of carboxylic acid groups (broad SMARTS) is 1. The number of carbonyl (C=O) groups is 2. The second-order valence-electron chi connectivity index (χ2n) is 7.25. The van der Waals surface area contributed by atoms with E-state index in [0.717, 1.165) is 36.2 Å². The lowest BCUT2D eigenvalue weighted by molar-refractivity contribution is -0.116. The van der Waals surface area contributed by atoms with Crippen LogP contribution in [0.4, 0.5) is 5.69 Å². The number of unbranched alkanes of at least 4 members (excludes halogenated alkanes) is 3. The third kappa shape index (κ3) is 7.59. The van der Waals surface area contributed by atoms with Crippen molar-refractivity contribution in [3.8, 4) is 0 Å². The van der Waals surface area contributed by atoms with Crippen molar-refractivity contribution in [2.75, 3.05) is 11.4 Å². The van der Waals surface area contributed by atoms with Crippen molar-refractivity contribution in [2.45, 2.75) is 63.6 Å². The summed E-state index contributed by atoms with van der Waals surface area (Å²) in [5, 5.41) is 9.00. The maximum Gasteiger partial charge on any atom is 0.345 e. The monoisotopic (exact) mass is 479 g/mol. The highest BCUT2D eigenvalue weighted by Gasteiger charge is 2.13. The quantitative estimate of drug-likeness (QED) is 0.267. The van der Waals surface area contributed by atoms with Crippen molar-refractivity contribution < 1.29 is 14.7 Å². The van der Waals surface area contributed by atoms with E-state index in [2.05, 4.69) is 35.0 Å². The van der Waals surface area contributed by atoms with Crippen LogP contribution in [0.3, 0.4) is 0 Å². The van der Waals surface area contributed by atoms with Crippen molar-refractivity contribution in [3.63, 3.8) is 0 Å². The standard InChI is InChI=1S/C23H30BrNO3S/c1-3-4-5-9-21(24)18-10-12-19(13-11-18)25(17(2)26)16-7-6-8-20-14-15-22(29-20)23(27)28/h10-15,21H,3-9,16H2,1-2H3,(H,27,28). The van der Waals surface area contributed by atoms with Gasteiger partial charge >= 0.3 is 5.97 Å². The predicted molar refractivity (Wildman–Crippen MR) is 124 cm³/mol. The summed E-state index contributed by atoms with van der Waals surface area (Å²) in [7, 11) is 0. The van der Waals surface area contributed by atoms with Crippen molar-refractivity contribution in [1.29, 1.82) is 0 Å². The molecule has 4 nitrogen and oxygen atoms in total. The Labute approximate surface area is 186 Å². The number of nitrogens with zero attached hydrogens (tertiary/aromatic N) is 1. The molecule has 1 aromatic heterocycles. The summed E-state index contributed by atoms with van der Waals surface area (Å²) in [4.78, 5) is 26.7. The first-order valence-electron chi connectivity index (χ1n) is 10.3. The van der Waals surface area contributed by atoms with Crippen molar-refractivity contribution >= 4 is 44.8 Å². The largest absolute Gasteiger partial charge is 0.477 e. The van der Waals surface area contributed by atoms with Gasteiger partial charge in [0.05, 0.1) is 0 Å². The number of halogens is 1. The number of benzene rings is 1. The maximum atomic E-state index is 12.1. The molecule has 0 bridgehead atoms. The lowest BCUT2D eigenvalue weighted by Gasteiger charge is -2.22. The molecule has 1 N–H and O–H groups in total. The minimum Gasteiger partial charge on any atom is -0.477 e. The van der Waals surface area contributed by atoms with Crippen LogP contribution >= 0.6 is 27.3 Å². The number of aromatic carboxylic acids is 1. The zero-order chi connectivity index (χ0) is 21.2. The van der Waals surface area contributed by atoms with Crippen LogP contribution in [0, 0.1) is 0 Å². The number of aryl methyl sites for hydroxylation is 1. The van der Waals surface area contributed by atoms with E-state index in [-0.39, 0.29) is 5.91 Å². The van der Waals surface area contributed by atoms with Gasteiger partial charge in [-0.05, 0) is 55.5 Å². The second-order valence-corrected chi connectivity index (χ2v) is 9.53. The van der Waals surface area contributed by atoms with Crippen LogP contribution in [0.2, 0.25) is 0 Å². The molecular formula is C23H30BrNO3S. The van der Waals surface area contributed by atoms with Gasteiger partial charge < -0.3 is 10.0 Å². The fourth-order valence-electron chi connectivity index (χ4n) is 3.27. The summed E-state index contributed by atoms with van der Waals surface area (Å²) < 4.78 is 0. The minimum atomic E-state index is -0.872. The molecule has 158 valence electrons. The van der Waals surface area contributed by atoms with Gasteiger partial charge in [-0.2, -0.15) is 0 Å². The van der Waals surface area contributed by atoms with Crippen LogP contribution in [0.5, 0.6) is 0 Å². The molecule has 2 rings (SSSR count). The third-order valence-corrected chi connectivity index (χ3v) is 7.05. The zero-order valence-electron chi connectivity index (χ0n) is 17.2. The third-order valence-electron chi connectivity index (χ3n) is 4.94. The summed E-state index contributed by atoms with van der Waals surface area (Å²) in [5.41, 5.74) is 2.18. The molecule has 0 saturated heterocycles. The van der Waals surface area contributed by atoms with E-state index in [9.17, 15) is 9.59 Å². The average Bonchev–Trinajstić information content (AvgIpc) is 3.17. The van der Waals surface area contributed by atoms with Crippen LogP contribution in [0.25, 0.3) is 0 Å². The van der Waals surface area contributed by atoms with Gasteiger partial charge in [-0.15, -0.1) is 11.3 Å². The highest BCUT2D eigenvalue weighted by atomic mass is 79.9. The van der Waals surface area contributed by atoms with Crippen molar-refractivity contribution in [2.24, 2.45) is 0 Å². The Morgan fingerprint density at radius 1 is 1.07 bits per heavy atom. The van der Waals surface area contributed by atoms with Gasteiger partial charge in [0.15, 0.2) is 0 Å². The number of rotatable bonds is 12. The van der Waals surface area contributed by atoms with Crippen LogP contribution in [-0.4, -0.2) is 23.5 Å². The first-order chi connectivity index (χ1) is 13.9. The second kappa shape index (κ2) is 12.1. The molecule has 0 saturated carbocycles. The molecule has 2 aromatic rings. The van der Waals surface area contributed by atoms with Crippen LogP contribution in [0.1, 0.15) is 77.3 Å². The smallest absolute Gasteiger partial charge is 0.345 e. The molecule has 0 fully saturated rings. The van der Waals surface area contributed by atoms with Gasteiger partial charge in [0.25, 0.3) is 0 Å². The molecule has 1 heterocycles. The number of thiophene rings is 1. The highest BCUT2D eigenvalue weighted by molar-refractivity contribution is 9.09. The average molecular weight is 480 g/mol. The molecule has 0 aliphatic rings. The molecule has 0 spiro atoms. The number of hydrogen-bond donors (Lipinski definition) is 1. The van der Waals surface area contributed by atoms with E-state index in [0.29, 0.717) is 16.2 Å². The summed E-state index contributed by atoms with van der Waals surface area (Å²) in [6, 6.07) is 11.8. The Morgan fingerprint density at radius 3 is 2.38 bits per heavy atom. The van der Waals surface area contributed by atoms with Gasteiger partial charge in [-0.1, -0.05) is 54.2 Å². The first-order valence-corrected chi connectivity index (χ1v) is 12.0. The summed E-state index contributed by atoms with van der Waals surface area (Å²) in [5.74, 6) is -0.830. The molecule has 0 radical (unpaired) electrons. The van der Waals surface area contributed by atoms with Crippen molar-refractivity contribution in [3.05, 3.63) is 51.7 Å². The Kier molecular flexibility index (Phi) is 9.88. The number of anilines is 1. The maximum absolute atomic E-state index is 12.1. The fourth-order valence-corrected chi connectivity index (χ4v) is 4.79. The number of carbonyl (C=O) groups excluding carboxylic acids is 1. The van der Waals surface area contributed by atoms with Gasteiger partial charge in [-0.3, -0.25) is 4.79 Å². The topological polar surface area (TPSA) is 57.6 Å². The Bertz CT molecular complexity index is 788. The summed E-state index contributed by atoms with van der Waals surface area (Å²) in [6.07, 6.45) is 7.44. The normalized spacial score (nSPS) is 12.0. The first kappa shape index (κ1) is 23.6. The molecule has 29 heavy (non-hydrogen) atoms. The number of amides is 1. The Hall–Kier alpha value is -1.66. The molecule has 1 amide bonds. The van der Waals surface area contributed by atoms with Crippen LogP contribution < -0.4 is 4.90 Å². The molecule has 1 atom stereocenters. The molecule has 6 heteroatoms. The summed E-state index contributed by atoms with van der Waals surface area (Å²) in [6.45, 7) is 4.48. The molecule has 1 aromatic carbocycles. The van der Waals surface area contributed by atoms with Gasteiger partial charge in [0.2, 0.25) is 5.91 Å². The van der Waals surface area contributed by atoms with E-state index in [1.54, 1.807) is 13.0 Å². The molecule has 0 aliphatic heterocycles. The minimum absolute atomic E-state index is 0.0420. The van der Waals surface area contributed by atoms with E-state index in [1.807, 2.05) is 23.1 Å². The van der Waals surface area contributed by atoms with E-state index >= 15 is 0 Å². The van der Waals surface area contributed by atoms with Gasteiger partial charge in [0, 0.05) is 28.9 Å². The highest BCUT2D eigenvalue weighted by Crippen LogP contribution is 2.30. The van der Waals surface area contributed by atoms with E-state index in [4.69, 9.17) is 5.11 Å². The molecule has 0 aliphatic carbocycles. The molecule has 1 unspecified atom stereocenters.